The van der Waals surface area contributed by atoms with E-state index in [-0.39, 0.29) is 22.3 Å². The van der Waals surface area contributed by atoms with Crippen LogP contribution in [0.5, 0.6) is 5.88 Å². The zero-order valence-electron chi connectivity index (χ0n) is 24.2. The Kier molecular flexibility index (Phi) is 9.86. The molecule has 0 unspecified atom stereocenters. The fraction of sp³-hybridized carbons (Fsp3) is 0.414. The zero-order chi connectivity index (χ0) is 30.4. The number of ketones is 1. The molecular weight excluding hydrogens is 560 g/mol. The molecule has 1 aromatic carbocycles. The van der Waals surface area contributed by atoms with Gasteiger partial charge in [-0.15, -0.1) is 0 Å². The number of likely N-dealkylation sites (N-methyl/N-ethyl adjacent to an activating group) is 1. The molecule has 3 aromatic heterocycles. The summed E-state index contributed by atoms with van der Waals surface area (Å²) in [7, 11) is -4.00. The normalized spacial score (nSPS) is 13.8. The number of rotatable bonds is 10. The van der Waals surface area contributed by atoms with E-state index in [0.717, 1.165) is 38.2 Å². The van der Waals surface area contributed by atoms with Crippen molar-refractivity contribution in [3.63, 3.8) is 0 Å². The lowest BCUT2D eigenvalue weighted by Gasteiger charge is -2.39. The molecule has 1 aliphatic heterocycles. The van der Waals surface area contributed by atoms with Crippen LogP contribution in [-0.2, 0) is 16.5 Å². The Morgan fingerprint density at radius 2 is 1.86 bits per heavy atom. The zero-order valence-corrected chi connectivity index (χ0v) is 25.0. The summed E-state index contributed by atoms with van der Waals surface area (Å²) in [5.41, 5.74) is 2.50. The van der Waals surface area contributed by atoms with Crippen LogP contribution >= 0.6 is 0 Å². The molecule has 1 aliphatic rings. The van der Waals surface area contributed by atoms with Gasteiger partial charge in [0.25, 0.3) is 15.7 Å². The highest BCUT2D eigenvalue weighted by atomic mass is 32.2. The van der Waals surface area contributed by atoms with Crippen LogP contribution in [0.15, 0.2) is 52.3 Å². The number of H-pyrrole nitrogens is 1. The van der Waals surface area contributed by atoms with E-state index >= 15 is 0 Å². The summed E-state index contributed by atoms with van der Waals surface area (Å²) in [6.07, 6.45) is 4.06. The summed E-state index contributed by atoms with van der Waals surface area (Å²) in [5, 5.41) is 4.62. The van der Waals surface area contributed by atoms with E-state index in [1.807, 2.05) is 11.6 Å². The van der Waals surface area contributed by atoms with Crippen molar-refractivity contribution >= 4 is 26.9 Å². The number of unbranched alkanes of at least 4 members (excludes halogenated alkanes) is 1. The second-order valence-corrected chi connectivity index (χ2v) is 11.4. The molecule has 1 saturated heterocycles. The number of likely N-dealkylation sites (tertiary alicyclic amines) is 1. The quantitative estimate of drug-likeness (QED) is 0.156. The third-order valence-electron chi connectivity index (χ3n) is 7.01. The van der Waals surface area contributed by atoms with Crippen molar-refractivity contribution < 1.29 is 22.5 Å². The SMILES string of the molecule is CCCCOc1ncc(C(C)=O)cc1-c1nc2c(CC)n(C3CN(CC)C3)nc2c(=O)[nH]1.O=S(=O)(O)c1ccccc1. The van der Waals surface area contributed by atoms with Crippen LogP contribution in [0, 0.1) is 0 Å². The van der Waals surface area contributed by atoms with Gasteiger partial charge in [-0.25, -0.2) is 9.97 Å². The molecule has 42 heavy (non-hydrogen) atoms. The van der Waals surface area contributed by atoms with Gasteiger partial charge in [0.2, 0.25) is 5.88 Å². The number of nitrogens with zero attached hydrogens (tertiary/aromatic N) is 5. The first-order valence-electron chi connectivity index (χ1n) is 14.0. The highest BCUT2D eigenvalue weighted by Crippen LogP contribution is 2.30. The molecule has 12 nitrogen and oxygen atoms in total. The van der Waals surface area contributed by atoms with Gasteiger partial charge in [-0.1, -0.05) is 45.4 Å². The predicted octanol–water partition coefficient (Wildman–Crippen LogP) is 3.94. The number of Topliss-reactive ketones (excluding diaryl/α,β-unsaturated/α-hetero) is 1. The van der Waals surface area contributed by atoms with E-state index in [4.69, 9.17) is 14.3 Å². The van der Waals surface area contributed by atoms with Crippen molar-refractivity contribution in [1.82, 2.24) is 29.6 Å². The van der Waals surface area contributed by atoms with Crippen molar-refractivity contribution in [2.75, 3.05) is 26.2 Å². The Morgan fingerprint density at radius 3 is 2.43 bits per heavy atom. The van der Waals surface area contributed by atoms with E-state index in [2.05, 4.69) is 33.8 Å². The lowest BCUT2D eigenvalue weighted by molar-refractivity contribution is 0.101. The molecule has 0 saturated carbocycles. The van der Waals surface area contributed by atoms with Crippen molar-refractivity contribution in [2.24, 2.45) is 0 Å². The van der Waals surface area contributed by atoms with Crippen molar-refractivity contribution in [2.45, 2.75) is 57.9 Å². The van der Waals surface area contributed by atoms with Gasteiger partial charge in [-0.3, -0.25) is 23.7 Å². The highest BCUT2D eigenvalue weighted by molar-refractivity contribution is 7.85. The molecule has 0 spiro atoms. The van der Waals surface area contributed by atoms with E-state index in [9.17, 15) is 18.0 Å². The van der Waals surface area contributed by atoms with E-state index in [1.54, 1.807) is 24.3 Å². The summed E-state index contributed by atoms with van der Waals surface area (Å²) < 4.78 is 37.1. The van der Waals surface area contributed by atoms with Gasteiger partial charge in [-0.05, 0) is 44.5 Å². The monoisotopic (exact) mass is 596 g/mol. The van der Waals surface area contributed by atoms with E-state index in [1.165, 1.54) is 25.3 Å². The largest absolute Gasteiger partial charge is 0.477 e. The average molecular weight is 597 g/mol. The number of carbonyl (C=O) groups is 1. The molecule has 5 rings (SSSR count). The number of benzene rings is 1. The number of nitrogens with one attached hydrogen (secondary N) is 1. The Hall–Kier alpha value is -3.94. The van der Waals surface area contributed by atoms with Crippen LogP contribution in [0.4, 0.5) is 0 Å². The van der Waals surface area contributed by atoms with Gasteiger partial charge in [0.15, 0.2) is 11.3 Å². The minimum Gasteiger partial charge on any atom is -0.477 e. The molecule has 4 aromatic rings. The number of carbonyl (C=O) groups excluding carboxylic acids is 1. The predicted molar refractivity (Wildman–Crippen MR) is 159 cm³/mol. The van der Waals surface area contributed by atoms with Crippen molar-refractivity contribution in [3.8, 4) is 17.3 Å². The number of aryl methyl sites for hydroxylation is 1. The number of hydrogen-bond acceptors (Lipinski definition) is 9. The third-order valence-corrected chi connectivity index (χ3v) is 7.88. The molecule has 0 atom stereocenters. The Labute approximate surface area is 244 Å². The van der Waals surface area contributed by atoms with Crippen LogP contribution in [0.3, 0.4) is 0 Å². The van der Waals surface area contributed by atoms with Crippen molar-refractivity contribution in [3.05, 3.63) is 64.2 Å². The number of hydrogen-bond donors (Lipinski definition) is 2. The molecular formula is C29H36N6O6S. The van der Waals surface area contributed by atoms with Gasteiger partial charge in [-0.2, -0.15) is 13.5 Å². The van der Waals surface area contributed by atoms with Crippen LogP contribution < -0.4 is 10.3 Å². The molecule has 1 fully saturated rings. The summed E-state index contributed by atoms with van der Waals surface area (Å²) in [6.45, 7) is 11.1. The summed E-state index contributed by atoms with van der Waals surface area (Å²) >= 11 is 0. The van der Waals surface area contributed by atoms with Gasteiger partial charge >= 0.3 is 0 Å². The standard InChI is InChI=1S/C23H30N6O3.C6H6O3S/c1-5-8-9-32-23-17(10-15(11-24-23)14(4)30)21-25-19-18(6-2)29(16-12-28(7-3)13-16)27-20(19)22(31)26-21;7-10(8,9)6-4-2-1-3-5-6/h10-11,16H,5-9,12-13H2,1-4H3,(H,25,26,31);1-5H,(H,7,8,9). The maximum Gasteiger partial charge on any atom is 0.294 e. The molecule has 0 amide bonds. The molecule has 0 bridgehead atoms. The Bertz CT molecular complexity index is 1710. The van der Waals surface area contributed by atoms with Crippen LogP contribution in [0.2, 0.25) is 0 Å². The molecule has 0 radical (unpaired) electrons. The summed E-state index contributed by atoms with van der Waals surface area (Å²) in [5.74, 6) is 0.575. The van der Waals surface area contributed by atoms with Crippen LogP contribution in [0.1, 0.15) is 62.6 Å². The first kappa shape index (κ1) is 31.0. The first-order valence-corrected chi connectivity index (χ1v) is 15.4. The van der Waals surface area contributed by atoms with E-state index < -0.39 is 10.1 Å². The molecule has 4 heterocycles. The smallest absolute Gasteiger partial charge is 0.294 e. The maximum atomic E-state index is 13.0. The molecule has 13 heteroatoms. The van der Waals surface area contributed by atoms with Crippen molar-refractivity contribution in [1.29, 1.82) is 0 Å². The number of fused-ring (bicyclic) bond motifs is 1. The second-order valence-electron chi connectivity index (χ2n) is 9.99. The third kappa shape index (κ3) is 6.92. The second kappa shape index (κ2) is 13.4. The maximum absolute atomic E-state index is 13.0. The van der Waals surface area contributed by atoms with Crippen LogP contribution in [-0.4, -0.2) is 74.6 Å². The lowest BCUT2D eigenvalue weighted by atomic mass is 10.1. The summed E-state index contributed by atoms with van der Waals surface area (Å²) in [4.78, 5) is 39.2. The topological polar surface area (TPSA) is 160 Å². The minimum absolute atomic E-state index is 0.0741. The fourth-order valence-electron chi connectivity index (χ4n) is 4.59. The minimum atomic E-state index is -4.00. The number of aromatic amines is 1. The van der Waals surface area contributed by atoms with Gasteiger partial charge in [0.1, 0.15) is 11.3 Å². The Balaban J connectivity index is 0.000000343. The van der Waals surface area contributed by atoms with Gasteiger partial charge in [0, 0.05) is 24.8 Å². The van der Waals surface area contributed by atoms with Crippen LogP contribution in [0.25, 0.3) is 22.4 Å². The lowest BCUT2D eigenvalue weighted by Crippen LogP contribution is -2.48. The molecule has 224 valence electrons. The van der Waals surface area contributed by atoms with Gasteiger partial charge < -0.3 is 9.72 Å². The van der Waals surface area contributed by atoms with Gasteiger partial charge in [0.05, 0.1) is 28.8 Å². The Morgan fingerprint density at radius 1 is 1.14 bits per heavy atom. The molecule has 2 N–H and O–H groups in total. The number of ether oxygens (including phenoxy) is 1. The average Bonchev–Trinajstić information content (AvgIpc) is 3.31. The number of aromatic nitrogens is 5. The molecule has 0 aliphatic carbocycles. The summed E-state index contributed by atoms with van der Waals surface area (Å²) in [6, 6.07) is 9.35. The first-order chi connectivity index (χ1) is 20.1. The number of pyridine rings is 1. The fourth-order valence-corrected chi connectivity index (χ4v) is 5.09. The van der Waals surface area contributed by atoms with E-state index in [0.29, 0.717) is 46.9 Å². The highest BCUT2D eigenvalue weighted by Gasteiger charge is 2.31.